The van der Waals surface area contributed by atoms with Crippen LogP contribution in [0.15, 0.2) is 18.2 Å². The molecule has 1 aromatic rings. The number of aryl methyl sites for hydroxylation is 1. The molecule has 1 rings (SSSR count). The Bertz CT molecular complexity index is 334. The molecular formula is C11H13FO2. The zero-order valence-corrected chi connectivity index (χ0v) is 8.34. The minimum atomic E-state index is -0.478. The Morgan fingerprint density at radius 1 is 1.43 bits per heavy atom. The largest absolute Gasteiger partial charge is 0.462 e. The zero-order chi connectivity index (χ0) is 10.6. The second kappa shape index (κ2) is 4.74. The maximum Gasteiger partial charge on any atom is 0.338 e. The molecule has 0 saturated carbocycles. The van der Waals surface area contributed by atoms with Gasteiger partial charge in [0.1, 0.15) is 5.82 Å². The van der Waals surface area contributed by atoms with Gasteiger partial charge in [0.25, 0.3) is 0 Å². The molecule has 0 atom stereocenters. The first-order valence-corrected chi connectivity index (χ1v) is 4.64. The predicted octanol–water partition coefficient (Wildman–Crippen LogP) is 2.56. The van der Waals surface area contributed by atoms with Crippen molar-refractivity contribution in [1.29, 1.82) is 0 Å². The van der Waals surface area contributed by atoms with E-state index in [2.05, 4.69) is 0 Å². The molecule has 0 amide bonds. The smallest absolute Gasteiger partial charge is 0.338 e. The molecule has 0 aliphatic carbocycles. The highest BCUT2D eigenvalue weighted by Gasteiger charge is 2.09. The van der Waals surface area contributed by atoms with Crippen molar-refractivity contribution in [1.82, 2.24) is 0 Å². The van der Waals surface area contributed by atoms with Crippen LogP contribution in [-0.2, 0) is 11.2 Å². The van der Waals surface area contributed by atoms with E-state index in [1.165, 1.54) is 6.07 Å². The summed E-state index contributed by atoms with van der Waals surface area (Å²) in [6.07, 6.45) is 0.620. The van der Waals surface area contributed by atoms with E-state index in [4.69, 9.17) is 4.74 Å². The number of hydrogen-bond donors (Lipinski definition) is 0. The van der Waals surface area contributed by atoms with Crippen molar-refractivity contribution >= 4 is 5.97 Å². The normalized spacial score (nSPS) is 9.93. The Balaban J connectivity index is 2.91. The molecule has 0 fully saturated rings. The van der Waals surface area contributed by atoms with Crippen molar-refractivity contribution in [3.8, 4) is 0 Å². The van der Waals surface area contributed by atoms with E-state index < -0.39 is 5.97 Å². The maximum atomic E-state index is 13.2. The highest BCUT2D eigenvalue weighted by molar-refractivity contribution is 5.89. The number of carbonyl (C=O) groups excluding carboxylic acids is 1. The van der Waals surface area contributed by atoms with Crippen molar-refractivity contribution in [3.05, 3.63) is 35.1 Å². The Kier molecular flexibility index (Phi) is 3.63. The second-order valence-corrected chi connectivity index (χ2v) is 2.88. The van der Waals surface area contributed by atoms with E-state index >= 15 is 0 Å². The van der Waals surface area contributed by atoms with E-state index in [9.17, 15) is 9.18 Å². The van der Waals surface area contributed by atoms with Gasteiger partial charge in [-0.1, -0.05) is 13.0 Å². The van der Waals surface area contributed by atoms with Crippen molar-refractivity contribution in [2.75, 3.05) is 6.61 Å². The molecule has 76 valence electrons. The van der Waals surface area contributed by atoms with Crippen LogP contribution in [0.4, 0.5) is 4.39 Å². The van der Waals surface area contributed by atoms with Crippen LogP contribution in [0.3, 0.4) is 0 Å². The molecule has 2 nitrogen and oxygen atoms in total. The summed E-state index contributed by atoms with van der Waals surface area (Å²) in [4.78, 5) is 11.2. The molecule has 0 N–H and O–H groups in total. The molecule has 0 bridgehead atoms. The SMILES string of the molecule is CCOC(=O)c1ccc(CC)c(F)c1. The van der Waals surface area contributed by atoms with Gasteiger partial charge in [0.15, 0.2) is 0 Å². The maximum absolute atomic E-state index is 13.2. The summed E-state index contributed by atoms with van der Waals surface area (Å²) in [5.74, 6) is -0.827. The van der Waals surface area contributed by atoms with Gasteiger partial charge in [-0.25, -0.2) is 9.18 Å². The van der Waals surface area contributed by atoms with Gasteiger partial charge in [-0.3, -0.25) is 0 Å². The third-order valence-electron chi connectivity index (χ3n) is 1.95. The van der Waals surface area contributed by atoms with Crippen LogP contribution in [0.5, 0.6) is 0 Å². The highest BCUT2D eigenvalue weighted by Crippen LogP contribution is 2.11. The number of esters is 1. The fraction of sp³-hybridized carbons (Fsp3) is 0.364. The lowest BCUT2D eigenvalue weighted by atomic mass is 10.1. The van der Waals surface area contributed by atoms with Crippen molar-refractivity contribution in [2.24, 2.45) is 0 Å². The van der Waals surface area contributed by atoms with Crippen molar-refractivity contribution in [3.63, 3.8) is 0 Å². The van der Waals surface area contributed by atoms with E-state index in [-0.39, 0.29) is 11.4 Å². The van der Waals surface area contributed by atoms with E-state index in [0.717, 1.165) is 0 Å². The predicted molar refractivity (Wildman–Crippen MR) is 51.7 cm³/mol. The molecule has 0 saturated heterocycles. The molecule has 0 aliphatic rings. The van der Waals surface area contributed by atoms with Crippen LogP contribution in [0.2, 0.25) is 0 Å². The molecule has 3 heteroatoms. The zero-order valence-electron chi connectivity index (χ0n) is 8.34. The average molecular weight is 196 g/mol. The lowest BCUT2D eigenvalue weighted by molar-refractivity contribution is 0.0526. The first-order chi connectivity index (χ1) is 6.69. The minimum absolute atomic E-state index is 0.265. The van der Waals surface area contributed by atoms with Gasteiger partial charge in [0.05, 0.1) is 12.2 Å². The third kappa shape index (κ3) is 2.31. The topological polar surface area (TPSA) is 26.3 Å². The monoisotopic (exact) mass is 196 g/mol. The van der Waals surface area contributed by atoms with Crippen LogP contribution in [0.1, 0.15) is 29.8 Å². The van der Waals surface area contributed by atoms with Gasteiger partial charge < -0.3 is 4.74 Å². The fourth-order valence-electron chi connectivity index (χ4n) is 1.18. The molecule has 0 aliphatic heterocycles. The summed E-state index contributed by atoms with van der Waals surface area (Å²) >= 11 is 0. The van der Waals surface area contributed by atoms with Crippen LogP contribution in [0, 0.1) is 5.82 Å². The highest BCUT2D eigenvalue weighted by atomic mass is 19.1. The second-order valence-electron chi connectivity index (χ2n) is 2.88. The van der Waals surface area contributed by atoms with Gasteiger partial charge in [-0.05, 0) is 31.0 Å². The fourth-order valence-corrected chi connectivity index (χ4v) is 1.18. The van der Waals surface area contributed by atoms with Gasteiger partial charge in [0, 0.05) is 0 Å². The molecule has 14 heavy (non-hydrogen) atoms. The van der Waals surface area contributed by atoms with Crippen LogP contribution in [-0.4, -0.2) is 12.6 Å². The van der Waals surface area contributed by atoms with Crippen molar-refractivity contribution < 1.29 is 13.9 Å². The summed E-state index contributed by atoms with van der Waals surface area (Å²) < 4.78 is 18.0. The molecule has 0 aromatic heterocycles. The molecule has 0 radical (unpaired) electrons. The summed E-state index contributed by atoms with van der Waals surface area (Å²) in [6, 6.07) is 4.42. The molecule has 0 spiro atoms. The van der Waals surface area contributed by atoms with E-state index in [1.807, 2.05) is 6.92 Å². The quantitative estimate of drug-likeness (QED) is 0.694. The van der Waals surface area contributed by atoms with Crippen molar-refractivity contribution in [2.45, 2.75) is 20.3 Å². The minimum Gasteiger partial charge on any atom is -0.462 e. The summed E-state index contributed by atoms with van der Waals surface area (Å²) in [7, 11) is 0. The Morgan fingerprint density at radius 2 is 2.14 bits per heavy atom. The van der Waals surface area contributed by atoms with Crippen LogP contribution < -0.4 is 0 Å². The number of benzene rings is 1. The molecule has 0 heterocycles. The van der Waals surface area contributed by atoms with Crippen LogP contribution in [0.25, 0.3) is 0 Å². The van der Waals surface area contributed by atoms with Gasteiger partial charge in [-0.2, -0.15) is 0 Å². The average Bonchev–Trinajstić information content (AvgIpc) is 2.18. The number of ether oxygens (including phenoxy) is 1. The summed E-state index contributed by atoms with van der Waals surface area (Å²) in [5.41, 5.74) is 0.875. The number of hydrogen-bond acceptors (Lipinski definition) is 2. The summed E-state index contributed by atoms with van der Waals surface area (Å²) in [6.45, 7) is 3.88. The molecule has 0 unspecified atom stereocenters. The van der Waals surface area contributed by atoms with E-state index in [1.54, 1.807) is 19.1 Å². The van der Waals surface area contributed by atoms with Gasteiger partial charge in [0.2, 0.25) is 0 Å². The third-order valence-corrected chi connectivity index (χ3v) is 1.95. The number of rotatable bonds is 3. The molecule has 1 aromatic carbocycles. The molecular weight excluding hydrogens is 183 g/mol. The summed E-state index contributed by atoms with van der Waals surface area (Å²) in [5, 5.41) is 0. The Hall–Kier alpha value is -1.38. The van der Waals surface area contributed by atoms with Gasteiger partial charge >= 0.3 is 5.97 Å². The number of halogens is 1. The van der Waals surface area contributed by atoms with Gasteiger partial charge in [-0.15, -0.1) is 0 Å². The Labute approximate surface area is 82.7 Å². The van der Waals surface area contributed by atoms with E-state index in [0.29, 0.717) is 18.6 Å². The lowest BCUT2D eigenvalue weighted by Gasteiger charge is -2.03. The first kappa shape index (κ1) is 10.7. The first-order valence-electron chi connectivity index (χ1n) is 4.64. The standard InChI is InChI=1S/C11H13FO2/c1-3-8-5-6-9(7-10(8)12)11(13)14-4-2/h5-7H,3-4H2,1-2H3. The van der Waals surface area contributed by atoms with Crippen LogP contribution >= 0.6 is 0 Å². The Morgan fingerprint density at radius 3 is 2.64 bits per heavy atom. The number of carbonyl (C=O) groups is 1. The lowest BCUT2D eigenvalue weighted by Crippen LogP contribution is -2.05.